The number of thiocarbonyl (C=S) groups is 1. The highest BCUT2D eigenvalue weighted by atomic mass is 32.2. The van der Waals surface area contributed by atoms with Crippen LogP contribution in [-0.2, 0) is 4.79 Å². The van der Waals surface area contributed by atoms with Crippen LogP contribution < -0.4 is 0 Å². The van der Waals surface area contributed by atoms with E-state index >= 15 is 0 Å². The normalized spacial score (nSPS) is 16.0. The molecule has 1 atom stereocenters. The molecule has 2 heterocycles. The zero-order valence-corrected chi connectivity index (χ0v) is 21.0. The lowest BCUT2D eigenvalue weighted by Crippen LogP contribution is -2.33. The summed E-state index contributed by atoms with van der Waals surface area (Å²) >= 11 is 6.91. The average molecular weight is 494 g/mol. The van der Waals surface area contributed by atoms with Crippen molar-refractivity contribution in [2.24, 2.45) is 5.92 Å². The van der Waals surface area contributed by atoms with Gasteiger partial charge < -0.3 is 0 Å². The molecule has 1 fully saturated rings. The first-order chi connectivity index (χ1) is 16.5. The molecule has 0 aliphatic carbocycles. The van der Waals surface area contributed by atoms with Gasteiger partial charge in [0.1, 0.15) is 10.1 Å². The van der Waals surface area contributed by atoms with Gasteiger partial charge in [-0.05, 0) is 54.8 Å². The van der Waals surface area contributed by atoms with Crippen LogP contribution in [0.15, 0.2) is 65.7 Å². The molecule has 1 aliphatic rings. The number of para-hydroxylation sites is 1. The van der Waals surface area contributed by atoms with Crippen molar-refractivity contribution < 1.29 is 9.18 Å². The van der Waals surface area contributed by atoms with E-state index in [-0.39, 0.29) is 11.7 Å². The largest absolute Gasteiger partial charge is 0.293 e. The number of nitrogens with zero attached hydrogens (tertiary/aromatic N) is 3. The van der Waals surface area contributed by atoms with Crippen molar-refractivity contribution in [1.29, 1.82) is 0 Å². The van der Waals surface area contributed by atoms with Crippen molar-refractivity contribution in [3.8, 4) is 16.9 Å². The number of hydrogen-bond donors (Lipinski definition) is 0. The van der Waals surface area contributed by atoms with Crippen LogP contribution in [0.4, 0.5) is 4.39 Å². The standard InChI is InChI=1S/C27H28FN3OS2/c1-3-5-9-19(4-2)17-30-26(32)24(34-27(30)33)16-21-18-31(23-10-7-6-8-11-23)29-25(21)20-12-14-22(28)15-13-20/h6-8,10-16,18-19H,3-5,9,17H2,1-2H3/b24-16-/t19-/m1/s1. The summed E-state index contributed by atoms with van der Waals surface area (Å²) in [6, 6.07) is 16.0. The van der Waals surface area contributed by atoms with Crippen LogP contribution in [0.2, 0.25) is 0 Å². The Balaban J connectivity index is 1.67. The maximum Gasteiger partial charge on any atom is 0.266 e. The van der Waals surface area contributed by atoms with Gasteiger partial charge in [-0.25, -0.2) is 9.07 Å². The van der Waals surface area contributed by atoms with Gasteiger partial charge in [-0.3, -0.25) is 9.69 Å². The first-order valence-corrected chi connectivity index (χ1v) is 12.9. The number of rotatable bonds is 9. The number of amides is 1. The zero-order chi connectivity index (χ0) is 24.1. The summed E-state index contributed by atoms with van der Waals surface area (Å²) in [7, 11) is 0. The molecule has 4 rings (SSSR count). The second kappa shape index (κ2) is 11.1. The Bertz CT molecular complexity index is 1190. The fourth-order valence-corrected chi connectivity index (χ4v) is 5.28. The van der Waals surface area contributed by atoms with Crippen molar-refractivity contribution in [1.82, 2.24) is 14.7 Å². The van der Waals surface area contributed by atoms with Crippen LogP contribution in [0.3, 0.4) is 0 Å². The average Bonchev–Trinajstić information content (AvgIpc) is 3.39. The van der Waals surface area contributed by atoms with E-state index in [4.69, 9.17) is 17.3 Å². The van der Waals surface area contributed by atoms with Gasteiger partial charge in [0.05, 0.1) is 16.3 Å². The van der Waals surface area contributed by atoms with Gasteiger partial charge in [0, 0.05) is 23.9 Å². The molecule has 0 spiro atoms. The molecule has 4 nitrogen and oxygen atoms in total. The minimum Gasteiger partial charge on any atom is -0.293 e. The van der Waals surface area contributed by atoms with Crippen LogP contribution in [0.5, 0.6) is 0 Å². The summed E-state index contributed by atoms with van der Waals surface area (Å²) in [6.45, 7) is 5.01. The second-order valence-corrected chi connectivity index (χ2v) is 10.1. The van der Waals surface area contributed by atoms with E-state index in [2.05, 4.69) is 13.8 Å². The van der Waals surface area contributed by atoms with Crippen molar-refractivity contribution >= 4 is 40.3 Å². The molecule has 0 bridgehead atoms. The van der Waals surface area contributed by atoms with E-state index in [1.54, 1.807) is 21.7 Å². The van der Waals surface area contributed by atoms with Crippen LogP contribution in [0.1, 0.15) is 45.1 Å². The number of carbonyl (C=O) groups is 1. The van der Waals surface area contributed by atoms with E-state index in [0.717, 1.165) is 42.5 Å². The summed E-state index contributed by atoms with van der Waals surface area (Å²) in [4.78, 5) is 15.6. The Morgan fingerprint density at radius 2 is 1.85 bits per heavy atom. The molecule has 176 valence electrons. The highest BCUT2D eigenvalue weighted by Crippen LogP contribution is 2.36. The van der Waals surface area contributed by atoms with Gasteiger partial charge in [-0.2, -0.15) is 5.10 Å². The van der Waals surface area contributed by atoms with Gasteiger partial charge in [-0.1, -0.05) is 75.3 Å². The fraction of sp³-hybridized carbons (Fsp3) is 0.296. The molecular weight excluding hydrogens is 465 g/mol. The lowest BCUT2D eigenvalue weighted by molar-refractivity contribution is -0.122. The minimum absolute atomic E-state index is 0.0533. The molecule has 0 unspecified atom stereocenters. The Morgan fingerprint density at radius 1 is 1.12 bits per heavy atom. The summed E-state index contributed by atoms with van der Waals surface area (Å²) in [5.74, 6) is 0.0853. The number of carbonyl (C=O) groups excluding carboxylic acids is 1. The first-order valence-electron chi connectivity index (χ1n) is 11.7. The Morgan fingerprint density at radius 3 is 2.53 bits per heavy atom. The molecule has 0 radical (unpaired) electrons. The Hall–Kier alpha value is -2.77. The summed E-state index contributed by atoms with van der Waals surface area (Å²) in [5, 5.41) is 4.76. The molecule has 3 aromatic rings. The molecule has 0 saturated carbocycles. The third-order valence-electron chi connectivity index (χ3n) is 6.03. The second-order valence-electron chi connectivity index (χ2n) is 8.43. The van der Waals surface area contributed by atoms with E-state index < -0.39 is 0 Å². The van der Waals surface area contributed by atoms with Crippen molar-refractivity contribution in [3.63, 3.8) is 0 Å². The van der Waals surface area contributed by atoms with Gasteiger partial charge >= 0.3 is 0 Å². The smallest absolute Gasteiger partial charge is 0.266 e. The molecule has 1 aliphatic heterocycles. The Kier molecular flexibility index (Phi) is 7.95. The molecule has 0 N–H and O–H groups in total. The first kappa shape index (κ1) is 24.4. The summed E-state index contributed by atoms with van der Waals surface area (Å²) < 4.78 is 15.9. The maximum absolute atomic E-state index is 13.5. The van der Waals surface area contributed by atoms with E-state index in [9.17, 15) is 9.18 Å². The van der Waals surface area contributed by atoms with Crippen LogP contribution >= 0.6 is 24.0 Å². The fourth-order valence-electron chi connectivity index (χ4n) is 4.01. The quantitative estimate of drug-likeness (QED) is 0.235. The third kappa shape index (κ3) is 5.47. The molecule has 1 saturated heterocycles. The Labute approximate surface area is 209 Å². The van der Waals surface area contributed by atoms with Crippen LogP contribution in [0.25, 0.3) is 23.0 Å². The van der Waals surface area contributed by atoms with E-state index in [1.807, 2.05) is 42.6 Å². The third-order valence-corrected chi connectivity index (χ3v) is 7.40. The number of hydrogen-bond acceptors (Lipinski definition) is 4. The minimum atomic E-state index is -0.304. The molecule has 7 heteroatoms. The number of benzene rings is 2. The molecule has 1 aromatic heterocycles. The molecule has 1 amide bonds. The summed E-state index contributed by atoms with van der Waals surface area (Å²) in [5.41, 5.74) is 3.15. The van der Waals surface area contributed by atoms with Crippen molar-refractivity contribution in [2.45, 2.75) is 39.5 Å². The van der Waals surface area contributed by atoms with Crippen molar-refractivity contribution in [2.75, 3.05) is 6.54 Å². The van der Waals surface area contributed by atoms with Crippen LogP contribution in [0, 0.1) is 11.7 Å². The number of halogens is 1. The van der Waals surface area contributed by atoms with Gasteiger partial charge in [-0.15, -0.1) is 0 Å². The molecule has 2 aromatic carbocycles. The SMILES string of the molecule is CCCC[C@@H](CC)CN1C(=O)/C(=C/c2cn(-c3ccccc3)nc2-c2ccc(F)cc2)SC1=S. The lowest BCUT2D eigenvalue weighted by atomic mass is 9.99. The predicted octanol–water partition coefficient (Wildman–Crippen LogP) is 7.10. The number of thioether (sulfide) groups is 1. The van der Waals surface area contributed by atoms with Gasteiger partial charge in [0.25, 0.3) is 5.91 Å². The number of unbranched alkanes of at least 4 members (excludes halogenated alkanes) is 1. The maximum atomic E-state index is 13.5. The highest BCUT2D eigenvalue weighted by molar-refractivity contribution is 8.26. The van der Waals surface area contributed by atoms with Gasteiger partial charge in [0.15, 0.2) is 0 Å². The van der Waals surface area contributed by atoms with Crippen molar-refractivity contribution in [3.05, 3.63) is 77.1 Å². The predicted molar refractivity (Wildman–Crippen MR) is 142 cm³/mol. The highest BCUT2D eigenvalue weighted by Gasteiger charge is 2.33. The van der Waals surface area contributed by atoms with Crippen LogP contribution in [-0.4, -0.2) is 31.5 Å². The van der Waals surface area contributed by atoms with E-state index in [0.29, 0.717) is 27.4 Å². The topological polar surface area (TPSA) is 38.1 Å². The van der Waals surface area contributed by atoms with Gasteiger partial charge in [0.2, 0.25) is 0 Å². The van der Waals surface area contributed by atoms with E-state index in [1.165, 1.54) is 23.9 Å². The molecular formula is C27H28FN3OS2. The zero-order valence-electron chi connectivity index (χ0n) is 19.4. The lowest BCUT2D eigenvalue weighted by Gasteiger charge is -2.21. The number of aromatic nitrogens is 2. The monoisotopic (exact) mass is 493 g/mol. The summed E-state index contributed by atoms with van der Waals surface area (Å²) in [6.07, 6.45) is 8.18. The molecule has 34 heavy (non-hydrogen) atoms.